The average molecular weight is 390 g/mol. The number of nitrogens with one attached hydrogen (secondary N) is 2. The Bertz CT molecular complexity index is 1090. The first-order chi connectivity index (χ1) is 13.8. The Morgan fingerprint density at radius 2 is 1.82 bits per heavy atom. The number of aromatic nitrogens is 6. The summed E-state index contributed by atoms with van der Waals surface area (Å²) in [6, 6.07) is 5.78. The SMILES string of the molecule is c1cnc(Nc2cnc3ccc(Nc4nnc(C5CCCC5)s4)nc3c2)cn1. The second kappa shape index (κ2) is 7.43. The van der Waals surface area contributed by atoms with Gasteiger partial charge >= 0.3 is 0 Å². The maximum absolute atomic E-state index is 4.67. The highest BCUT2D eigenvalue weighted by Gasteiger charge is 2.21. The quantitative estimate of drug-likeness (QED) is 0.516. The Morgan fingerprint density at radius 1 is 0.893 bits per heavy atom. The zero-order chi connectivity index (χ0) is 18.8. The first kappa shape index (κ1) is 16.9. The van der Waals surface area contributed by atoms with Gasteiger partial charge in [0.05, 0.1) is 29.1 Å². The van der Waals surface area contributed by atoms with E-state index in [4.69, 9.17) is 0 Å². The summed E-state index contributed by atoms with van der Waals surface area (Å²) in [5, 5.41) is 17.0. The molecule has 0 amide bonds. The van der Waals surface area contributed by atoms with Crippen LogP contribution in [0.25, 0.3) is 11.0 Å². The molecule has 9 heteroatoms. The van der Waals surface area contributed by atoms with Crippen LogP contribution in [0.5, 0.6) is 0 Å². The fourth-order valence-corrected chi connectivity index (χ4v) is 4.31. The number of rotatable bonds is 5. The van der Waals surface area contributed by atoms with Gasteiger partial charge in [-0.25, -0.2) is 9.97 Å². The van der Waals surface area contributed by atoms with Crippen LogP contribution in [0.1, 0.15) is 36.6 Å². The lowest BCUT2D eigenvalue weighted by molar-refractivity contribution is 0.705. The van der Waals surface area contributed by atoms with Crippen LogP contribution >= 0.6 is 11.3 Å². The minimum Gasteiger partial charge on any atom is -0.338 e. The van der Waals surface area contributed by atoms with Crippen LogP contribution in [-0.4, -0.2) is 30.1 Å². The molecule has 1 aliphatic carbocycles. The average Bonchev–Trinajstić information content (AvgIpc) is 3.40. The molecule has 0 atom stereocenters. The summed E-state index contributed by atoms with van der Waals surface area (Å²) in [6.07, 6.45) is 11.7. The molecule has 1 fully saturated rings. The van der Waals surface area contributed by atoms with E-state index in [1.54, 1.807) is 36.1 Å². The van der Waals surface area contributed by atoms with Crippen LogP contribution < -0.4 is 10.6 Å². The van der Waals surface area contributed by atoms with Gasteiger partial charge in [0.1, 0.15) is 16.6 Å². The number of hydrogen-bond acceptors (Lipinski definition) is 9. The first-order valence-corrected chi connectivity index (χ1v) is 10.1. The minimum absolute atomic E-state index is 0.566. The molecule has 1 aliphatic rings. The molecule has 28 heavy (non-hydrogen) atoms. The van der Waals surface area contributed by atoms with Crippen molar-refractivity contribution in [1.29, 1.82) is 0 Å². The third kappa shape index (κ3) is 3.61. The third-order valence-corrected chi connectivity index (χ3v) is 5.75. The maximum atomic E-state index is 4.67. The number of pyridine rings is 2. The van der Waals surface area contributed by atoms with Crippen LogP contribution in [0.3, 0.4) is 0 Å². The first-order valence-electron chi connectivity index (χ1n) is 9.24. The van der Waals surface area contributed by atoms with Crippen molar-refractivity contribution >= 4 is 44.8 Å². The molecule has 2 N–H and O–H groups in total. The fourth-order valence-electron chi connectivity index (χ4n) is 3.39. The van der Waals surface area contributed by atoms with Crippen molar-refractivity contribution in [2.24, 2.45) is 0 Å². The topological polar surface area (TPSA) is 101 Å². The summed E-state index contributed by atoms with van der Waals surface area (Å²) in [7, 11) is 0. The van der Waals surface area contributed by atoms with Crippen molar-refractivity contribution in [2.45, 2.75) is 31.6 Å². The lowest BCUT2D eigenvalue weighted by atomic mass is 10.1. The second-order valence-corrected chi connectivity index (χ2v) is 7.74. The van der Waals surface area contributed by atoms with E-state index in [9.17, 15) is 0 Å². The predicted molar refractivity (Wildman–Crippen MR) is 109 cm³/mol. The van der Waals surface area contributed by atoms with Gasteiger partial charge < -0.3 is 10.6 Å². The molecule has 0 saturated heterocycles. The summed E-state index contributed by atoms with van der Waals surface area (Å²) >= 11 is 1.62. The molecule has 0 radical (unpaired) electrons. The Labute approximate surface area is 165 Å². The van der Waals surface area contributed by atoms with Gasteiger partial charge in [-0.15, -0.1) is 10.2 Å². The molecule has 4 aromatic heterocycles. The third-order valence-electron chi connectivity index (χ3n) is 4.75. The van der Waals surface area contributed by atoms with Crippen molar-refractivity contribution in [3.05, 3.63) is 48.0 Å². The molecular weight excluding hydrogens is 372 g/mol. The van der Waals surface area contributed by atoms with Gasteiger partial charge in [0.25, 0.3) is 0 Å². The molecule has 0 aromatic carbocycles. The van der Waals surface area contributed by atoms with E-state index in [-0.39, 0.29) is 0 Å². The van der Waals surface area contributed by atoms with Crippen molar-refractivity contribution in [2.75, 3.05) is 10.6 Å². The van der Waals surface area contributed by atoms with E-state index in [1.165, 1.54) is 25.7 Å². The van der Waals surface area contributed by atoms with E-state index in [1.807, 2.05) is 18.2 Å². The van der Waals surface area contributed by atoms with Gasteiger partial charge in [-0.2, -0.15) is 0 Å². The van der Waals surface area contributed by atoms with Crippen molar-refractivity contribution < 1.29 is 0 Å². The normalized spacial score (nSPS) is 14.4. The summed E-state index contributed by atoms with van der Waals surface area (Å²) in [5.41, 5.74) is 2.40. The van der Waals surface area contributed by atoms with E-state index in [2.05, 4.69) is 40.8 Å². The summed E-state index contributed by atoms with van der Waals surface area (Å²) in [5.74, 6) is 1.95. The molecule has 5 rings (SSSR count). The molecule has 0 spiro atoms. The molecular formula is C19H18N8S. The highest BCUT2D eigenvalue weighted by atomic mass is 32.1. The van der Waals surface area contributed by atoms with Gasteiger partial charge in [0.15, 0.2) is 0 Å². The molecule has 0 bridgehead atoms. The number of nitrogens with zero attached hydrogens (tertiary/aromatic N) is 6. The molecule has 4 aromatic rings. The Hall–Kier alpha value is -3.20. The zero-order valence-corrected chi connectivity index (χ0v) is 15.9. The van der Waals surface area contributed by atoms with Crippen molar-refractivity contribution in [3.63, 3.8) is 0 Å². The summed E-state index contributed by atoms with van der Waals surface area (Å²) < 4.78 is 0. The van der Waals surface area contributed by atoms with Gasteiger partial charge in [-0.1, -0.05) is 24.2 Å². The number of anilines is 4. The lowest BCUT2D eigenvalue weighted by Gasteiger charge is -2.07. The number of fused-ring (bicyclic) bond motifs is 1. The molecule has 8 nitrogen and oxygen atoms in total. The minimum atomic E-state index is 0.566. The molecule has 140 valence electrons. The van der Waals surface area contributed by atoms with Crippen LogP contribution in [0.4, 0.5) is 22.5 Å². The standard InChI is InChI=1S/C19H18N8S/c1-2-4-12(3-1)18-26-27-19(28-18)25-16-6-5-14-15(24-16)9-13(10-22-14)23-17-11-20-7-8-21-17/h5-12H,1-4H2,(H,21,23)(H,24,25,27). The van der Waals surface area contributed by atoms with Crippen LogP contribution in [-0.2, 0) is 0 Å². The number of hydrogen-bond donors (Lipinski definition) is 2. The predicted octanol–water partition coefficient (Wildman–Crippen LogP) is 4.42. The van der Waals surface area contributed by atoms with Gasteiger partial charge in [-0.05, 0) is 31.0 Å². The van der Waals surface area contributed by atoms with Gasteiger partial charge in [0.2, 0.25) is 5.13 Å². The molecule has 4 heterocycles. The second-order valence-electron chi connectivity index (χ2n) is 6.73. The molecule has 0 aliphatic heterocycles. The van der Waals surface area contributed by atoms with E-state index in [0.717, 1.165) is 32.7 Å². The summed E-state index contributed by atoms with van der Waals surface area (Å²) in [6.45, 7) is 0. The van der Waals surface area contributed by atoms with Crippen LogP contribution in [0.2, 0.25) is 0 Å². The van der Waals surface area contributed by atoms with Crippen molar-refractivity contribution in [3.8, 4) is 0 Å². The van der Waals surface area contributed by atoms with Crippen LogP contribution in [0, 0.1) is 0 Å². The smallest absolute Gasteiger partial charge is 0.211 e. The van der Waals surface area contributed by atoms with E-state index >= 15 is 0 Å². The fraction of sp³-hybridized carbons (Fsp3) is 0.263. The van der Waals surface area contributed by atoms with Crippen molar-refractivity contribution in [1.82, 2.24) is 30.1 Å². The maximum Gasteiger partial charge on any atom is 0.211 e. The zero-order valence-electron chi connectivity index (χ0n) is 15.0. The highest BCUT2D eigenvalue weighted by molar-refractivity contribution is 7.15. The van der Waals surface area contributed by atoms with E-state index in [0.29, 0.717) is 11.7 Å². The van der Waals surface area contributed by atoms with Gasteiger partial charge in [-0.3, -0.25) is 9.97 Å². The largest absolute Gasteiger partial charge is 0.338 e. The Kier molecular flexibility index (Phi) is 4.50. The monoisotopic (exact) mass is 390 g/mol. The van der Waals surface area contributed by atoms with E-state index < -0.39 is 0 Å². The Balaban J connectivity index is 1.36. The molecule has 0 unspecified atom stereocenters. The van der Waals surface area contributed by atoms with Gasteiger partial charge in [0, 0.05) is 18.3 Å². The van der Waals surface area contributed by atoms with Crippen LogP contribution in [0.15, 0.2) is 43.0 Å². The molecule has 1 saturated carbocycles. The highest BCUT2D eigenvalue weighted by Crippen LogP contribution is 2.36. The summed E-state index contributed by atoms with van der Waals surface area (Å²) in [4.78, 5) is 17.4. The lowest BCUT2D eigenvalue weighted by Crippen LogP contribution is -1.97. The Morgan fingerprint density at radius 3 is 2.68 bits per heavy atom.